The van der Waals surface area contributed by atoms with Crippen molar-refractivity contribution in [3.8, 4) is 11.5 Å². The van der Waals surface area contributed by atoms with Crippen LogP contribution in [0.5, 0.6) is 11.5 Å². The summed E-state index contributed by atoms with van der Waals surface area (Å²) in [6, 6.07) is 10.4. The first-order valence-electron chi connectivity index (χ1n) is 8.32. The Kier molecular flexibility index (Phi) is 2.99. The van der Waals surface area contributed by atoms with Crippen LogP contribution >= 0.6 is 23.2 Å². The summed E-state index contributed by atoms with van der Waals surface area (Å²) in [5, 5.41) is 1.11. The number of benzene rings is 2. The summed E-state index contributed by atoms with van der Waals surface area (Å²) in [5.74, 6) is -1.10. The van der Waals surface area contributed by atoms with Crippen LogP contribution in [0.3, 0.4) is 0 Å². The number of carbonyl (C=O) groups is 2. The minimum absolute atomic E-state index is 0.410. The summed E-state index contributed by atoms with van der Waals surface area (Å²) in [4.78, 5) is 25.5. The number of halogens is 2. The molecule has 4 atom stereocenters. The quantitative estimate of drug-likeness (QED) is 0.498. The van der Waals surface area contributed by atoms with Crippen molar-refractivity contribution in [3.63, 3.8) is 0 Å². The molecule has 0 bridgehead atoms. The van der Waals surface area contributed by atoms with Gasteiger partial charge in [0.2, 0.25) is 0 Å². The molecule has 0 unspecified atom stereocenters. The van der Waals surface area contributed by atoms with Gasteiger partial charge in [-0.2, -0.15) is 0 Å². The maximum atomic E-state index is 12.7. The van der Waals surface area contributed by atoms with Gasteiger partial charge in [-0.1, -0.05) is 37.0 Å². The molecular weight excluding hydrogens is 375 g/mol. The largest absolute Gasteiger partial charge is 0.426 e. The summed E-state index contributed by atoms with van der Waals surface area (Å²) in [6.07, 6.45) is 0. The Bertz CT molecular complexity index is 935. The summed E-state index contributed by atoms with van der Waals surface area (Å²) in [7, 11) is 0. The van der Waals surface area contributed by atoms with Crippen LogP contribution in [0.4, 0.5) is 0 Å². The molecule has 6 heteroatoms. The predicted octanol–water partition coefficient (Wildman–Crippen LogP) is 4.29. The summed E-state index contributed by atoms with van der Waals surface area (Å²) in [5.41, 5.74) is 0.334. The first-order chi connectivity index (χ1) is 12.3. The molecule has 0 aromatic heterocycles. The molecular formula is C20H14Cl2O4. The lowest BCUT2D eigenvalue weighted by atomic mass is 9.34. The second-order valence-electron chi connectivity index (χ2n) is 7.48. The molecule has 2 heterocycles. The smallest absolute Gasteiger partial charge is 0.316 e. The van der Waals surface area contributed by atoms with Crippen molar-refractivity contribution in [2.24, 2.45) is 11.8 Å². The molecule has 1 saturated carbocycles. The van der Waals surface area contributed by atoms with Gasteiger partial charge in [-0.25, -0.2) is 0 Å². The van der Waals surface area contributed by atoms with Crippen molar-refractivity contribution in [2.45, 2.75) is 24.7 Å². The molecule has 132 valence electrons. The third-order valence-corrected chi connectivity index (χ3v) is 7.06. The van der Waals surface area contributed by atoms with Gasteiger partial charge in [-0.3, -0.25) is 9.59 Å². The second kappa shape index (κ2) is 4.81. The van der Waals surface area contributed by atoms with Crippen LogP contribution in [0.1, 0.15) is 25.0 Å². The monoisotopic (exact) mass is 388 g/mol. The topological polar surface area (TPSA) is 52.6 Å². The van der Waals surface area contributed by atoms with Crippen LogP contribution in [-0.4, -0.2) is 11.9 Å². The number of rotatable bonds is 0. The lowest BCUT2D eigenvalue weighted by Gasteiger charge is -2.67. The molecule has 1 aliphatic carbocycles. The SMILES string of the molecule is C[C@@]12c3cc(Cl)ccc3OC(=O)[C@@H]1[C@H]1C(=O)Oc3ccc(Cl)cc3[C@]12C. The first kappa shape index (κ1) is 16.2. The van der Waals surface area contributed by atoms with Crippen LogP contribution in [0.15, 0.2) is 36.4 Å². The standard InChI is InChI=1S/C20H14Cl2O4/c1-19-11-7-9(21)3-5-13(11)25-17(23)15(19)16-18(24)26-14-6-4-10(22)8-12(14)20(16,19)2/h3-8,15-16H,1-2H3/t15-,16-,19+,20+/m0/s1. The lowest BCUT2D eigenvalue weighted by Crippen LogP contribution is -2.75. The number of hydrogen-bond donors (Lipinski definition) is 0. The highest BCUT2D eigenvalue weighted by Gasteiger charge is 2.77. The molecule has 0 radical (unpaired) electrons. The molecule has 2 aromatic carbocycles. The maximum Gasteiger partial charge on any atom is 0.316 e. The fourth-order valence-electron chi connectivity index (χ4n) is 5.19. The van der Waals surface area contributed by atoms with Gasteiger partial charge in [0.25, 0.3) is 0 Å². The Morgan fingerprint density at radius 2 is 1.15 bits per heavy atom. The van der Waals surface area contributed by atoms with Gasteiger partial charge in [-0.15, -0.1) is 0 Å². The van der Waals surface area contributed by atoms with E-state index in [2.05, 4.69) is 0 Å². The highest BCUT2D eigenvalue weighted by molar-refractivity contribution is 6.31. The molecule has 0 saturated heterocycles. The number of hydrogen-bond acceptors (Lipinski definition) is 4. The predicted molar refractivity (Wildman–Crippen MR) is 95.9 cm³/mol. The summed E-state index contributed by atoms with van der Waals surface area (Å²) < 4.78 is 11.0. The number of fused-ring (bicyclic) bond motifs is 8. The zero-order valence-corrected chi connectivity index (χ0v) is 15.5. The highest BCUT2D eigenvalue weighted by atomic mass is 35.5. The van der Waals surface area contributed by atoms with Crippen molar-refractivity contribution in [1.82, 2.24) is 0 Å². The minimum atomic E-state index is -0.661. The van der Waals surface area contributed by atoms with Gasteiger partial charge >= 0.3 is 11.9 Å². The van der Waals surface area contributed by atoms with Gasteiger partial charge in [0.1, 0.15) is 11.5 Å². The summed E-state index contributed by atoms with van der Waals surface area (Å²) >= 11 is 12.5. The molecule has 2 aromatic rings. The van der Waals surface area contributed by atoms with Crippen molar-refractivity contribution in [1.29, 1.82) is 0 Å². The van der Waals surface area contributed by atoms with E-state index < -0.39 is 34.6 Å². The van der Waals surface area contributed by atoms with Crippen LogP contribution in [0.25, 0.3) is 0 Å². The molecule has 2 aliphatic heterocycles. The first-order valence-corrected chi connectivity index (χ1v) is 9.07. The third kappa shape index (κ3) is 1.63. The Balaban J connectivity index is 1.83. The third-order valence-electron chi connectivity index (χ3n) is 6.59. The van der Waals surface area contributed by atoms with Gasteiger partial charge in [0, 0.05) is 32.0 Å². The van der Waals surface area contributed by atoms with E-state index in [0.717, 1.165) is 11.1 Å². The molecule has 1 fully saturated rings. The fourth-order valence-corrected chi connectivity index (χ4v) is 5.54. The van der Waals surface area contributed by atoms with E-state index in [1.54, 1.807) is 24.3 Å². The molecule has 4 nitrogen and oxygen atoms in total. The van der Waals surface area contributed by atoms with Crippen LogP contribution < -0.4 is 9.47 Å². The summed E-state index contributed by atoms with van der Waals surface area (Å²) in [6.45, 7) is 3.99. The minimum Gasteiger partial charge on any atom is -0.426 e. The van der Waals surface area contributed by atoms with E-state index in [0.29, 0.717) is 21.5 Å². The van der Waals surface area contributed by atoms with E-state index in [9.17, 15) is 9.59 Å². The van der Waals surface area contributed by atoms with Crippen LogP contribution in [0, 0.1) is 11.8 Å². The van der Waals surface area contributed by atoms with E-state index >= 15 is 0 Å². The molecule has 26 heavy (non-hydrogen) atoms. The molecule has 3 aliphatic rings. The Labute approximate surface area is 160 Å². The zero-order valence-electron chi connectivity index (χ0n) is 14.0. The Morgan fingerprint density at radius 3 is 1.54 bits per heavy atom. The average Bonchev–Trinajstić information content (AvgIpc) is 2.59. The van der Waals surface area contributed by atoms with Crippen molar-refractivity contribution in [2.75, 3.05) is 0 Å². The van der Waals surface area contributed by atoms with Gasteiger partial charge in [0.15, 0.2) is 0 Å². The van der Waals surface area contributed by atoms with Crippen molar-refractivity contribution < 1.29 is 19.1 Å². The van der Waals surface area contributed by atoms with E-state index in [1.165, 1.54) is 0 Å². The van der Waals surface area contributed by atoms with E-state index in [-0.39, 0.29) is 0 Å². The number of carbonyl (C=O) groups excluding carboxylic acids is 2. The zero-order chi connectivity index (χ0) is 18.4. The number of esters is 2. The molecule has 5 rings (SSSR count). The van der Waals surface area contributed by atoms with Crippen LogP contribution in [-0.2, 0) is 20.4 Å². The van der Waals surface area contributed by atoms with Crippen molar-refractivity contribution >= 4 is 35.1 Å². The Morgan fingerprint density at radius 1 is 0.769 bits per heavy atom. The molecule has 0 spiro atoms. The van der Waals surface area contributed by atoms with Crippen molar-refractivity contribution in [3.05, 3.63) is 57.6 Å². The lowest BCUT2D eigenvalue weighted by molar-refractivity contribution is -0.186. The fraction of sp³-hybridized carbons (Fsp3) is 0.300. The van der Waals surface area contributed by atoms with Gasteiger partial charge in [0.05, 0.1) is 11.8 Å². The van der Waals surface area contributed by atoms with Gasteiger partial charge in [-0.05, 0) is 36.4 Å². The van der Waals surface area contributed by atoms with E-state index in [1.807, 2.05) is 26.0 Å². The number of ether oxygens (including phenoxy) is 2. The normalized spacial score (nSPS) is 33.7. The maximum absolute atomic E-state index is 12.7. The average molecular weight is 389 g/mol. The van der Waals surface area contributed by atoms with Crippen LogP contribution in [0.2, 0.25) is 10.0 Å². The van der Waals surface area contributed by atoms with E-state index in [4.69, 9.17) is 32.7 Å². The molecule has 0 amide bonds. The Hall–Kier alpha value is -2.04. The second-order valence-corrected chi connectivity index (χ2v) is 8.36. The van der Waals surface area contributed by atoms with Gasteiger partial charge < -0.3 is 9.47 Å². The highest BCUT2D eigenvalue weighted by Crippen LogP contribution is 2.71. The molecule has 0 N–H and O–H groups in total.